The molecule has 0 spiro atoms. The molecule has 0 radical (unpaired) electrons. The summed E-state index contributed by atoms with van der Waals surface area (Å²) in [5.41, 5.74) is 2.32. The summed E-state index contributed by atoms with van der Waals surface area (Å²) in [7, 11) is 1.99. The molecule has 1 N–H and O–H groups in total. The highest BCUT2D eigenvalue weighted by atomic mass is 79.9. The van der Waals surface area contributed by atoms with Crippen molar-refractivity contribution in [3.63, 3.8) is 0 Å². The van der Waals surface area contributed by atoms with Gasteiger partial charge in [-0.3, -0.25) is 4.68 Å². The fraction of sp³-hybridized carbons (Fsp3) is 0.750. The molecule has 0 fully saturated rings. The molecule has 1 aromatic heterocycles. The number of hydrogen-bond donors (Lipinski definition) is 1. The Morgan fingerprint density at radius 2 is 2.18 bits per heavy atom. The molecular formula is C12H21BrClN3. The molecule has 0 amide bonds. The summed E-state index contributed by atoms with van der Waals surface area (Å²) in [6, 6.07) is 0.486. The second-order valence-electron chi connectivity index (χ2n) is 4.15. The minimum atomic E-state index is 0.486. The van der Waals surface area contributed by atoms with Gasteiger partial charge in [-0.05, 0) is 35.2 Å². The van der Waals surface area contributed by atoms with Crippen LogP contribution in [0.5, 0.6) is 0 Å². The lowest BCUT2D eigenvalue weighted by atomic mass is 10.1. The van der Waals surface area contributed by atoms with Gasteiger partial charge >= 0.3 is 0 Å². The highest BCUT2D eigenvalue weighted by Crippen LogP contribution is 2.21. The molecule has 0 bridgehead atoms. The van der Waals surface area contributed by atoms with Gasteiger partial charge in [0.05, 0.1) is 15.9 Å². The molecule has 0 aliphatic heterocycles. The molecular weight excluding hydrogens is 302 g/mol. The topological polar surface area (TPSA) is 29.9 Å². The minimum Gasteiger partial charge on any atom is -0.308 e. The van der Waals surface area contributed by atoms with Crippen LogP contribution in [0.15, 0.2) is 4.47 Å². The second-order valence-corrected chi connectivity index (χ2v) is 5.32. The Morgan fingerprint density at radius 1 is 1.47 bits per heavy atom. The molecule has 1 heterocycles. The van der Waals surface area contributed by atoms with Gasteiger partial charge in [0.25, 0.3) is 0 Å². The Morgan fingerprint density at radius 3 is 2.65 bits per heavy atom. The van der Waals surface area contributed by atoms with Crippen LogP contribution in [0.3, 0.4) is 0 Å². The zero-order valence-corrected chi connectivity index (χ0v) is 13.1. The van der Waals surface area contributed by atoms with Crippen molar-refractivity contribution < 1.29 is 0 Å². The van der Waals surface area contributed by atoms with Crippen molar-refractivity contribution in [3.05, 3.63) is 15.9 Å². The molecule has 98 valence electrons. The second kappa shape index (κ2) is 7.39. The predicted octanol–water partition coefficient (Wildman–Crippen LogP) is 3.24. The van der Waals surface area contributed by atoms with Crippen molar-refractivity contribution in [2.45, 2.75) is 45.7 Å². The van der Waals surface area contributed by atoms with E-state index in [4.69, 9.17) is 11.6 Å². The zero-order chi connectivity index (χ0) is 12.8. The van der Waals surface area contributed by atoms with Gasteiger partial charge in [0.15, 0.2) is 0 Å². The van der Waals surface area contributed by atoms with Crippen LogP contribution in [0, 0.1) is 0 Å². The fourth-order valence-electron chi connectivity index (χ4n) is 1.84. The van der Waals surface area contributed by atoms with Gasteiger partial charge in [-0.25, -0.2) is 0 Å². The van der Waals surface area contributed by atoms with E-state index in [9.17, 15) is 0 Å². The summed E-state index contributed by atoms with van der Waals surface area (Å²) >= 11 is 9.40. The Labute approximate surface area is 117 Å². The standard InChI is InChI=1S/C12H21BrClN3/c1-4-9(6-7-14)15-8-11-12(13)10(5-2)16-17(11)3/h9,15H,4-8H2,1-3H3. The van der Waals surface area contributed by atoms with Crippen LogP contribution in [0.4, 0.5) is 0 Å². The third kappa shape index (κ3) is 3.97. The number of hydrogen-bond acceptors (Lipinski definition) is 2. The maximum absolute atomic E-state index is 5.78. The molecule has 1 rings (SSSR count). The van der Waals surface area contributed by atoms with E-state index in [1.54, 1.807) is 0 Å². The minimum absolute atomic E-state index is 0.486. The molecule has 5 heteroatoms. The lowest BCUT2D eigenvalue weighted by Crippen LogP contribution is -2.29. The Hall–Kier alpha value is -0.0600. The third-order valence-corrected chi connectivity index (χ3v) is 4.15. The van der Waals surface area contributed by atoms with Crippen LogP contribution < -0.4 is 5.32 Å². The zero-order valence-electron chi connectivity index (χ0n) is 10.8. The fourth-order valence-corrected chi connectivity index (χ4v) is 2.85. The van der Waals surface area contributed by atoms with Gasteiger partial charge in [0.2, 0.25) is 0 Å². The van der Waals surface area contributed by atoms with E-state index in [-0.39, 0.29) is 0 Å². The number of aromatic nitrogens is 2. The van der Waals surface area contributed by atoms with Gasteiger partial charge in [-0.1, -0.05) is 13.8 Å². The maximum atomic E-state index is 5.78. The molecule has 0 saturated heterocycles. The molecule has 1 atom stereocenters. The summed E-state index contributed by atoms with van der Waals surface area (Å²) in [5, 5.41) is 8.01. The maximum Gasteiger partial charge on any atom is 0.0767 e. The first-order valence-electron chi connectivity index (χ1n) is 6.13. The quantitative estimate of drug-likeness (QED) is 0.781. The molecule has 0 aromatic carbocycles. The Kier molecular flexibility index (Phi) is 6.52. The van der Waals surface area contributed by atoms with Crippen LogP contribution >= 0.6 is 27.5 Å². The van der Waals surface area contributed by atoms with Gasteiger partial charge in [0, 0.05) is 25.5 Å². The highest BCUT2D eigenvalue weighted by molar-refractivity contribution is 9.10. The van der Waals surface area contributed by atoms with Crippen molar-refractivity contribution in [2.24, 2.45) is 7.05 Å². The summed E-state index contributed by atoms with van der Waals surface area (Å²) in [5.74, 6) is 0.707. The van der Waals surface area contributed by atoms with E-state index in [0.29, 0.717) is 11.9 Å². The van der Waals surface area contributed by atoms with E-state index >= 15 is 0 Å². The summed E-state index contributed by atoms with van der Waals surface area (Å²) in [4.78, 5) is 0. The van der Waals surface area contributed by atoms with Gasteiger partial charge in [-0.15, -0.1) is 11.6 Å². The average Bonchev–Trinajstić information content (AvgIpc) is 2.60. The predicted molar refractivity (Wildman–Crippen MR) is 76.5 cm³/mol. The smallest absolute Gasteiger partial charge is 0.0767 e. The van der Waals surface area contributed by atoms with Gasteiger partial charge < -0.3 is 5.32 Å². The summed E-state index contributed by atoms with van der Waals surface area (Å²) in [6.07, 6.45) is 3.06. The highest BCUT2D eigenvalue weighted by Gasteiger charge is 2.13. The van der Waals surface area contributed by atoms with Crippen LogP contribution in [0.25, 0.3) is 0 Å². The lowest BCUT2D eigenvalue weighted by Gasteiger charge is -2.15. The first kappa shape index (κ1) is 15.0. The van der Waals surface area contributed by atoms with Gasteiger partial charge in [-0.2, -0.15) is 5.10 Å². The summed E-state index contributed by atoms with van der Waals surface area (Å²) in [6.45, 7) is 5.13. The van der Waals surface area contributed by atoms with E-state index < -0.39 is 0 Å². The number of alkyl halides is 1. The molecule has 1 aromatic rings. The summed E-state index contributed by atoms with van der Waals surface area (Å²) < 4.78 is 3.08. The van der Waals surface area contributed by atoms with Crippen LogP contribution in [0.1, 0.15) is 38.1 Å². The first-order chi connectivity index (χ1) is 8.13. The normalized spacial score (nSPS) is 13.0. The molecule has 17 heavy (non-hydrogen) atoms. The molecule has 0 aliphatic rings. The lowest BCUT2D eigenvalue weighted by molar-refractivity contribution is 0.474. The number of nitrogens with one attached hydrogen (secondary N) is 1. The van der Waals surface area contributed by atoms with Crippen LogP contribution in [0.2, 0.25) is 0 Å². The number of rotatable bonds is 7. The Bertz CT molecular complexity index is 352. The van der Waals surface area contributed by atoms with Crippen LogP contribution in [-0.4, -0.2) is 21.7 Å². The van der Waals surface area contributed by atoms with Crippen molar-refractivity contribution in [1.29, 1.82) is 0 Å². The SMILES string of the molecule is CCc1nn(C)c(CNC(CC)CCCl)c1Br. The van der Waals surface area contributed by atoms with Crippen molar-refractivity contribution in [3.8, 4) is 0 Å². The monoisotopic (exact) mass is 321 g/mol. The average molecular weight is 323 g/mol. The van der Waals surface area contributed by atoms with Crippen molar-refractivity contribution in [2.75, 3.05) is 5.88 Å². The molecule has 1 unspecified atom stereocenters. The number of aryl methyl sites for hydroxylation is 2. The van der Waals surface area contributed by atoms with Gasteiger partial charge in [0.1, 0.15) is 0 Å². The number of halogens is 2. The van der Waals surface area contributed by atoms with Crippen molar-refractivity contribution in [1.82, 2.24) is 15.1 Å². The first-order valence-corrected chi connectivity index (χ1v) is 7.46. The van der Waals surface area contributed by atoms with E-state index in [0.717, 1.165) is 36.0 Å². The van der Waals surface area contributed by atoms with E-state index in [2.05, 4.69) is 40.2 Å². The molecule has 0 aliphatic carbocycles. The largest absolute Gasteiger partial charge is 0.308 e. The molecule has 3 nitrogen and oxygen atoms in total. The Balaban J connectivity index is 2.65. The number of nitrogens with zero attached hydrogens (tertiary/aromatic N) is 2. The third-order valence-electron chi connectivity index (χ3n) is 3.01. The molecule has 0 saturated carbocycles. The van der Waals surface area contributed by atoms with Crippen molar-refractivity contribution >= 4 is 27.5 Å². The van der Waals surface area contributed by atoms with E-state index in [1.165, 1.54) is 5.69 Å². The van der Waals surface area contributed by atoms with Crippen LogP contribution in [-0.2, 0) is 20.0 Å². The van der Waals surface area contributed by atoms with E-state index in [1.807, 2.05) is 11.7 Å².